The normalized spacial score (nSPS) is 30.7. The lowest BCUT2D eigenvalue weighted by molar-refractivity contribution is 0.0547. The van der Waals surface area contributed by atoms with Gasteiger partial charge in [-0.1, -0.05) is 0 Å². The Balaban J connectivity index is 1.66. The number of nitrogens with zero attached hydrogens (tertiary/aromatic N) is 2. The predicted molar refractivity (Wildman–Crippen MR) is 76.5 cm³/mol. The van der Waals surface area contributed by atoms with Crippen LogP contribution in [0, 0.1) is 0 Å². The van der Waals surface area contributed by atoms with Crippen LogP contribution in [0.25, 0.3) is 0 Å². The minimum Gasteiger partial charge on any atom is -0.298 e. The summed E-state index contributed by atoms with van der Waals surface area (Å²) in [5, 5.41) is 2.19. The van der Waals surface area contributed by atoms with Crippen LogP contribution in [0.3, 0.4) is 0 Å². The Labute approximate surface area is 116 Å². The van der Waals surface area contributed by atoms with Crippen LogP contribution in [-0.4, -0.2) is 41.5 Å². The van der Waals surface area contributed by atoms with E-state index in [0.717, 1.165) is 12.6 Å². The van der Waals surface area contributed by atoms with Crippen molar-refractivity contribution in [3.05, 3.63) is 20.8 Å². The van der Waals surface area contributed by atoms with Crippen LogP contribution >= 0.6 is 27.3 Å². The summed E-state index contributed by atoms with van der Waals surface area (Å²) < 4.78 is 1.23. The Morgan fingerprint density at radius 1 is 1.47 bits per heavy atom. The summed E-state index contributed by atoms with van der Waals surface area (Å²) >= 11 is 5.41. The van der Waals surface area contributed by atoms with Gasteiger partial charge in [0, 0.05) is 46.4 Å². The maximum atomic E-state index is 3.54. The van der Waals surface area contributed by atoms with Gasteiger partial charge in [-0.25, -0.2) is 0 Å². The highest BCUT2D eigenvalue weighted by molar-refractivity contribution is 9.10. The van der Waals surface area contributed by atoms with E-state index in [-0.39, 0.29) is 0 Å². The zero-order chi connectivity index (χ0) is 11.8. The molecule has 2 atom stereocenters. The summed E-state index contributed by atoms with van der Waals surface area (Å²) in [6.07, 6.45) is 2.80. The molecule has 0 aromatic carbocycles. The van der Waals surface area contributed by atoms with Gasteiger partial charge in [-0.3, -0.25) is 9.80 Å². The molecule has 0 N–H and O–H groups in total. The average molecular weight is 315 g/mol. The molecule has 17 heavy (non-hydrogen) atoms. The Morgan fingerprint density at radius 2 is 2.35 bits per heavy atom. The molecule has 1 aromatic heterocycles. The predicted octanol–water partition coefficient (Wildman–Crippen LogP) is 3.18. The lowest BCUT2D eigenvalue weighted by atomic mass is 10.1. The first-order valence-electron chi connectivity index (χ1n) is 6.43. The highest BCUT2D eigenvalue weighted by Crippen LogP contribution is 2.27. The number of fused-ring (bicyclic) bond motifs is 1. The van der Waals surface area contributed by atoms with Crippen molar-refractivity contribution in [2.24, 2.45) is 0 Å². The highest BCUT2D eigenvalue weighted by Gasteiger charge is 2.34. The van der Waals surface area contributed by atoms with Crippen LogP contribution in [0.4, 0.5) is 0 Å². The minimum atomic E-state index is 0.699. The number of hydrogen-bond donors (Lipinski definition) is 0. The van der Waals surface area contributed by atoms with Crippen molar-refractivity contribution in [3.8, 4) is 0 Å². The smallest absolute Gasteiger partial charge is 0.0332 e. The zero-order valence-corrected chi connectivity index (χ0v) is 12.6. The molecule has 2 aliphatic heterocycles. The quantitative estimate of drug-likeness (QED) is 0.827. The maximum Gasteiger partial charge on any atom is 0.0332 e. The van der Waals surface area contributed by atoms with E-state index in [0.29, 0.717) is 6.04 Å². The summed E-state index contributed by atoms with van der Waals surface area (Å²) in [5.74, 6) is 0. The van der Waals surface area contributed by atoms with Gasteiger partial charge in [0.2, 0.25) is 0 Å². The highest BCUT2D eigenvalue weighted by atomic mass is 79.9. The largest absolute Gasteiger partial charge is 0.298 e. The van der Waals surface area contributed by atoms with E-state index in [4.69, 9.17) is 0 Å². The Hall–Kier alpha value is 0.1000. The van der Waals surface area contributed by atoms with Crippen LogP contribution in [-0.2, 0) is 6.54 Å². The lowest BCUT2D eigenvalue weighted by Crippen LogP contribution is -2.54. The van der Waals surface area contributed by atoms with Gasteiger partial charge in [-0.15, -0.1) is 11.3 Å². The van der Waals surface area contributed by atoms with Crippen LogP contribution in [0.15, 0.2) is 15.9 Å². The van der Waals surface area contributed by atoms with E-state index in [1.54, 1.807) is 0 Å². The molecule has 2 aliphatic rings. The van der Waals surface area contributed by atoms with E-state index in [9.17, 15) is 0 Å². The van der Waals surface area contributed by atoms with Gasteiger partial charge in [-0.05, 0) is 48.3 Å². The van der Waals surface area contributed by atoms with Gasteiger partial charge >= 0.3 is 0 Å². The first kappa shape index (κ1) is 12.2. The third-order valence-corrected chi connectivity index (χ3v) is 5.73. The fourth-order valence-electron chi connectivity index (χ4n) is 3.11. The molecular formula is C13H19BrN2S. The van der Waals surface area contributed by atoms with E-state index in [1.807, 2.05) is 11.3 Å². The van der Waals surface area contributed by atoms with Crippen molar-refractivity contribution in [3.63, 3.8) is 0 Å². The average Bonchev–Trinajstić information content (AvgIpc) is 2.88. The second kappa shape index (κ2) is 5.00. The molecule has 0 amide bonds. The van der Waals surface area contributed by atoms with Gasteiger partial charge in [0.1, 0.15) is 0 Å². The molecule has 0 unspecified atom stereocenters. The topological polar surface area (TPSA) is 6.48 Å². The van der Waals surface area contributed by atoms with Crippen molar-refractivity contribution in [1.29, 1.82) is 0 Å². The summed E-state index contributed by atoms with van der Waals surface area (Å²) in [4.78, 5) is 6.83. The van der Waals surface area contributed by atoms with E-state index in [2.05, 4.69) is 44.1 Å². The number of piperazine rings is 1. The van der Waals surface area contributed by atoms with Crippen LogP contribution < -0.4 is 0 Å². The van der Waals surface area contributed by atoms with Crippen LogP contribution in [0.5, 0.6) is 0 Å². The molecule has 2 fully saturated rings. The third-order valence-electron chi connectivity index (χ3n) is 4.05. The minimum absolute atomic E-state index is 0.699. The van der Waals surface area contributed by atoms with Gasteiger partial charge < -0.3 is 0 Å². The van der Waals surface area contributed by atoms with E-state index < -0.39 is 0 Å². The number of halogens is 1. The third kappa shape index (κ3) is 2.60. The lowest BCUT2D eigenvalue weighted by Gasteiger charge is -2.42. The molecule has 0 saturated carbocycles. The van der Waals surface area contributed by atoms with Crippen molar-refractivity contribution >= 4 is 27.3 Å². The van der Waals surface area contributed by atoms with Gasteiger partial charge in [-0.2, -0.15) is 0 Å². The summed E-state index contributed by atoms with van der Waals surface area (Å²) in [7, 11) is 0. The van der Waals surface area contributed by atoms with Crippen LogP contribution in [0.1, 0.15) is 24.6 Å². The first-order chi connectivity index (χ1) is 8.22. The second-order valence-corrected chi connectivity index (χ2v) is 7.21. The molecule has 2 saturated heterocycles. The Morgan fingerprint density at radius 3 is 3.12 bits per heavy atom. The number of thiophene rings is 1. The first-order valence-corrected chi connectivity index (χ1v) is 8.10. The molecule has 4 heteroatoms. The second-order valence-electron chi connectivity index (χ2n) is 5.30. The van der Waals surface area contributed by atoms with E-state index >= 15 is 0 Å². The summed E-state index contributed by atoms with van der Waals surface area (Å²) in [5.41, 5.74) is 0. The van der Waals surface area contributed by atoms with Crippen molar-refractivity contribution in [2.45, 2.75) is 38.4 Å². The summed E-state index contributed by atoms with van der Waals surface area (Å²) in [6.45, 7) is 7.35. The fourth-order valence-corrected chi connectivity index (χ4v) is 4.58. The molecule has 3 rings (SSSR count). The standard InChI is InChI=1S/C13H19BrN2S/c1-10-6-15-4-2-3-12(15)7-16(10)8-13-5-11(14)9-17-13/h5,9-10,12H,2-4,6-8H2,1H3/t10-,12-/m0/s1. The van der Waals surface area contributed by atoms with Crippen molar-refractivity contribution < 1.29 is 0 Å². The Bertz CT molecular complexity index is 393. The van der Waals surface area contributed by atoms with Crippen molar-refractivity contribution in [2.75, 3.05) is 19.6 Å². The molecule has 1 aromatic rings. The maximum absolute atomic E-state index is 3.54. The van der Waals surface area contributed by atoms with Crippen molar-refractivity contribution in [1.82, 2.24) is 9.80 Å². The Kier molecular flexibility index (Phi) is 3.57. The van der Waals surface area contributed by atoms with Crippen LogP contribution in [0.2, 0.25) is 0 Å². The molecule has 94 valence electrons. The molecule has 0 radical (unpaired) electrons. The molecule has 0 bridgehead atoms. The summed E-state index contributed by atoms with van der Waals surface area (Å²) in [6, 6.07) is 3.79. The zero-order valence-electron chi connectivity index (χ0n) is 10.2. The molecule has 0 spiro atoms. The number of hydrogen-bond acceptors (Lipinski definition) is 3. The SMILES string of the molecule is C[C@H]1CN2CCC[C@H]2CN1Cc1cc(Br)cs1. The molecular weight excluding hydrogens is 296 g/mol. The molecule has 2 nitrogen and oxygen atoms in total. The van der Waals surface area contributed by atoms with Gasteiger partial charge in [0.15, 0.2) is 0 Å². The number of rotatable bonds is 2. The molecule has 0 aliphatic carbocycles. The molecule has 3 heterocycles. The van der Waals surface area contributed by atoms with Gasteiger partial charge in [0.25, 0.3) is 0 Å². The van der Waals surface area contributed by atoms with E-state index in [1.165, 1.54) is 41.8 Å². The van der Waals surface area contributed by atoms with Gasteiger partial charge in [0.05, 0.1) is 0 Å². The fraction of sp³-hybridized carbons (Fsp3) is 0.692. The monoisotopic (exact) mass is 314 g/mol.